The molecule has 27 heavy (non-hydrogen) atoms. The zero-order valence-corrected chi connectivity index (χ0v) is 15.3. The fourth-order valence-electron chi connectivity index (χ4n) is 2.62. The first-order valence-corrected chi connectivity index (χ1v) is 9.00. The molecule has 3 heterocycles. The Kier molecular flexibility index (Phi) is 5.11. The highest BCUT2D eigenvalue weighted by atomic mass is 32.2. The number of carboxylic acids is 1. The second kappa shape index (κ2) is 7.19. The predicted molar refractivity (Wildman–Crippen MR) is 87.1 cm³/mol. The van der Waals surface area contributed by atoms with Crippen molar-refractivity contribution in [2.45, 2.75) is 43.7 Å². The number of thioether (sulfide) groups is 1. The van der Waals surface area contributed by atoms with Gasteiger partial charge in [-0.2, -0.15) is 5.06 Å². The Hall–Kier alpha value is -2.60. The molecule has 2 amide bonds. The molecule has 2 N–H and O–H groups in total. The minimum Gasteiger partial charge on any atom is -0.477 e. The third-order valence-electron chi connectivity index (χ3n) is 4.15. The minimum atomic E-state index is -2.20. The monoisotopic (exact) mass is 399 g/mol. The summed E-state index contributed by atoms with van der Waals surface area (Å²) >= 11 is 1.06. The molecule has 0 aromatic carbocycles. The van der Waals surface area contributed by atoms with Crippen LogP contribution in [0.1, 0.15) is 24.3 Å². The van der Waals surface area contributed by atoms with E-state index >= 15 is 0 Å². The average molecular weight is 399 g/mol. The van der Waals surface area contributed by atoms with E-state index in [9.17, 15) is 24.3 Å². The maximum atomic E-state index is 12.5. The number of hydroxylamine groups is 2. The summed E-state index contributed by atoms with van der Waals surface area (Å²) < 4.78 is 10.2. The van der Waals surface area contributed by atoms with Gasteiger partial charge in [-0.3, -0.25) is 19.2 Å². The predicted octanol–water partition coefficient (Wildman–Crippen LogP) is -0.240. The molecule has 146 valence electrons. The highest BCUT2D eigenvalue weighted by Crippen LogP contribution is 2.34. The number of esters is 1. The van der Waals surface area contributed by atoms with E-state index in [1.165, 1.54) is 0 Å². The van der Waals surface area contributed by atoms with E-state index in [0.717, 1.165) is 17.5 Å². The number of carbonyl (C=O) groups is 4. The smallest absolute Gasteiger partial charge is 0.372 e. The van der Waals surface area contributed by atoms with Crippen LogP contribution in [0.3, 0.4) is 0 Å². The van der Waals surface area contributed by atoms with Gasteiger partial charge in [-0.25, -0.2) is 9.78 Å². The SMILES string of the molecule is Cc1nc(SCC(=O)N[C@H]2CON(C3(C(=O)O)CCC(=O)O3)C2=O)oc1C. The van der Waals surface area contributed by atoms with Crippen LogP contribution in [0.15, 0.2) is 9.64 Å². The highest BCUT2D eigenvalue weighted by Gasteiger charge is 2.59. The van der Waals surface area contributed by atoms with Crippen LogP contribution in [0, 0.1) is 13.8 Å². The third-order valence-corrected chi connectivity index (χ3v) is 4.98. The summed E-state index contributed by atoms with van der Waals surface area (Å²) in [5.41, 5.74) is -1.48. The van der Waals surface area contributed by atoms with E-state index in [2.05, 4.69) is 10.3 Å². The van der Waals surface area contributed by atoms with Gasteiger partial charge in [0, 0.05) is 6.42 Å². The number of cyclic esters (lactones) is 1. The molecule has 0 spiro atoms. The molecule has 2 atom stereocenters. The molecular weight excluding hydrogens is 382 g/mol. The molecular formula is C15H17N3O8S. The number of rotatable bonds is 6. The quantitative estimate of drug-likeness (QED) is 0.485. The molecule has 11 nitrogen and oxygen atoms in total. The Bertz CT molecular complexity index is 789. The van der Waals surface area contributed by atoms with Crippen LogP contribution < -0.4 is 5.32 Å². The standard InChI is InChI=1S/C15H17N3O8S/c1-7-8(2)25-14(16-7)27-6-10(19)17-9-5-24-18(12(9)21)15(13(22)23)4-3-11(20)26-15/h9H,3-6H2,1-2H3,(H,17,19)(H,22,23)/t9-,15?/m0/s1. The number of hydrogen-bond acceptors (Lipinski definition) is 9. The molecule has 2 aliphatic rings. The highest BCUT2D eigenvalue weighted by molar-refractivity contribution is 7.99. The summed E-state index contributed by atoms with van der Waals surface area (Å²) in [6.07, 6.45) is -0.381. The normalized spacial score (nSPS) is 25.0. The maximum absolute atomic E-state index is 12.5. The Morgan fingerprint density at radius 1 is 1.41 bits per heavy atom. The fourth-order valence-corrected chi connectivity index (χ4v) is 3.35. The number of hydrogen-bond donors (Lipinski definition) is 2. The number of carboxylic acid groups (broad SMARTS) is 1. The second-order valence-corrected chi connectivity index (χ2v) is 6.95. The summed E-state index contributed by atoms with van der Waals surface area (Å²) in [5.74, 6) is -2.94. The molecule has 0 bridgehead atoms. The number of nitrogens with one attached hydrogen (secondary N) is 1. The summed E-state index contributed by atoms with van der Waals surface area (Å²) in [5, 5.41) is 12.7. The van der Waals surface area contributed by atoms with Gasteiger partial charge in [-0.15, -0.1) is 0 Å². The molecule has 2 fully saturated rings. The van der Waals surface area contributed by atoms with Crippen molar-refractivity contribution in [1.29, 1.82) is 0 Å². The zero-order chi connectivity index (χ0) is 19.8. The van der Waals surface area contributed by atoms with Gasteiger partial charge in [-0.1, -0.05) is 11.8 Å². The molecule has 0 radical (unpaired) electrons. The van der Waals surface area contributed by atoms with Crippen LogP contribution in [0.2, 0.25) is 0 Å². The number of carbonyl (C=O) groups excluding carboxylic acids is 3. The summed E-state index contributed by atoms with van der Waals surface area (Å²) in [6.45, 7) is 3.27. The van der Waals surface area contributed by atoms with E-state index in [1.807, 2.05) is 0 Å². The number of oxazole rings is 1. The zero-order valence-electron chi connectivity index (χ0n) is 14.5. The first-order valence-electron chi connectivity index (χ1n) is 8.01. The topological polar surface area (TPSA) is 148 Å². The average Bonchev–Trinajstić information content (AvgIpc) is 3.26. The van der Waals surface area contributed by atoms with Crippen molar-refractivity contribution in [3.05, 3.63) is 11.5 Å². The summed E-state index contributed by atoms with van der Waals surface area (Å²) in [6, 6.07) is -1.08. The van der Waals surface area contributed by atoms with E-state index in [4.69, 9.17) is 14.0 Å². The van der Waals surface area contributed by atoms with Gasteiger partial charge in [0.25, 0.3) is 11.1 Å². The van der Waals surface area contributed by atoms with Crippen LogP contribution in [0.5, 0.6) is 0 Å². The van der Waals surface area contributed by atoms with Crippen molar-refractivity contribution in [3.8, 4) is 0 Å². The lowest BCUT2D eigenvalue weighted by Crippen LogP contribution is -2.56. The third kappa shape index (κ3) is 3.62. The van der Waals surface area contributed by atoms with Crippen molar-refractivity contribution in [2.75, 3.05) is 12.4 Å². The largest absolute Gasteiger partial charge is 0.477 e. The minimum absolute atomic E-state index is 0.0533. The number of aryl methyl sites for hydroxylation is 2. The van der Waals surface area contributed by atoms with Crippen molar-refractivity contribution >= 4 is 35.5 Å². The molecule has 1 unspecified atom stereocenters. The molecule has 0 aliphatic carbocycles. The van der Waals surface area contributed by atoms with Gasteiger partial charge in [0.05, 0.1) is 17.9 Å². The van der Waals surface area contributed by atoms with Gasteiger partial charge in [0.2, 0.25) is 5.91 Å². The molecule has 3 rings (SSSR count). The van der Waals surface area contributed by atoms with E-state index in [-0.39, 0.29) is 25.2 Å². The van der Waals surface area contributed by atoms with Gasteiger partial charge < -0.3 is 19.6 Å². The van der Waals surface area contributed by atoms with Gasteiger partial charge >= 0.3 is 17.7 Å². The van der Waals surface area contributed by atoms with Crippen LogP contribution in [0.4, 0.5) is 0 Å². The van der Waals surface area contributed by atoms with Crippen molar-refractivity contribution in [3.63, 3.8) is 0 Å². The van der Waals surface area contributed by atoms with Crippen molar-refractivity contribution in [2.24, 2.45) is 0 Å². The molecule has 0 saturated carbocycles. The fraction of sp³-hybridized carbons (Fsp3) is 0.533. The van der Waals surface area contributed by atoms with Crippen LogP contribution in [0.25, 0.3) is 0 Å². The van der Waals surface area contributed by atoms with Crippen LogP contribution in [-0.4, -0.2) is 63.0 Å². The number of aliphatic carboxylic acids is 1. The molecule has 1 aromatic heterocycles. The molecule has 2 aliphatic heterocycles. The molecule has 2 saturated heterocycles. The number of amides is 2. The number of nitrogens with zero attached hydrogens (tertiary/aromatic N) is 2. The second-order valence-electron chi connectivity index (χ2n) is 6.02. The van der Waals surface area contributed by atoms with Gasteiger partial charge in [0.15, 0.2) is 0 Å². The van der Waals surface area contributed by atoms with Gasteiger partial charge in [-0.05, 0) is 13.8 Å². The lowest BCUT2D eigenvalue weighted by molar-refractivity contribution is -0.256. The van der Waals surface area contributed by atoms with Gasteiger partial charge in [0.1, 0.15) is 18.4 Å². The maximum Gasteiger partial charge on any atom is 0.372 e. The first-order chi connectivity index (χ1) is 12.7. The number of aromatic nitrogens is 1. The Morgan fingerprint density at radius 2 is 2.15 bits per heavy atom. The summed E-state index contributed by atoms with van der Waals surface area (Å²) in [7, 11) is 0. The van der Waals surface area contributed by atoms with E-state index < -0.39 is 35.5 Å². The van der Waals surface area contributed by atoms with Crippen molar-refractivity contribution in [1.82, 2.24) is 15.4 Å². The summed E-state index contributed by atoms with van der Waals surface area (Å²) in [4.78, 5) is 56.7. The van der Waals surface area contributed by atoms with E-state index in [1.54, 1.807) is 13.8 Å². The Morgan fingerprint density at radius 3 is 2.70 bits per heavy atom. The van der Waals surface area contributed by atoms with Crippen molar-refractivity contribution < 1.29 is 38.3 Å². The van der Waals surface area contributed by atoms with E-state index in [0.29, 0.717) is 16.0 Å². The van der Waals surface area contributed by atoms with Crippen LogP contribution >= 0.6 is 11.8 Å². The first kappa shape index (κ1) is 19.2. The lowest BCUT2D eigenvalue weighted by Gasteiger charge is -2.30. The lowest BCUT2D eigenvalue weighted by atomic mass is 10.1. The Balaban J connectivity index is 1.59. The molecule has 12 heteroatoms. The molecule has 1 aromatic rings. The van der Waals surface area contributed by atoms with Crippen LogP contribution in [-0.2, 0) is 28.8 Å². The Labute approximate surface area is 157 Å². The number of ether oxygens (including phenoxy) is 1.